The first-order valence-corrected chi connectivity index (χ1v) is 11.8. The standard InChI is InChI=1S/C19H20Br2ClFN2O2S/c1-10(28-5)17-24-14(9-20)15(21)16(12-7-6-11(23)8-13(12)22)25(17)18(26)27-19(2,3)4/h6-8,16H,1,9H2,2-5H3/t16-/m0/s1. The van der Waals surface area contributed by atoms with Gasteiger partial charge in [0.1, 0.15) is 17.5 Å². The fourth-order valence-electron chi connectivity index (χ4n) is 2.51. The average Bonchev–Trinajstić information content (AvgIpc) is 2.59. The van der Waals surface area contributed by atoms with Crippen molar-refractivity contribution in [3.05, 3.63) is 56.3 Å². The minimum Gasteiger partial charge on any atom is -0.443 e. The molecule has 1 aromatic rings. The van der Waals surface area contributed by atoms with Crippen molar-refractivity contribution in [2.45, 2.75) is 32.4 Å². The van der Waals surface area contributed by atoms with Crippen LogP contribution in [-0.4, -0.2) is 34.0 Å². The number of rotatable bonds is 4. The Morgan fingerprint density at radius 3 is 2.61 bits per heavy atom. The zero-order valence-corrected chi connectivity index (χ0v) is 20.6. The van der Waals surface area contributed by atoms with Gasteiger partial charge < -0.3 is 4.74 Å². The van der Waals surface area contributed by atoms with Gasteiger partial charge in [-0.2, -0.15) is 0 Å². The molecule has 0 N–H and O–H groups in total. The Morgan fingerprint density at radius 1 is 1.46 bits per heavy atom. The maximum atomic E-state index is 13.6. The van der Waals surface area contributed by atoms with Gasteiger partial charge in [-0.25, -0.2) is 19.1 Å². The van der Waals surface area contributed by atoms with E-state index in [2.05, 4.69) is 43.4 Å². The second-order valence-corrected chi connectivity index (χ2v) is 9.63. The molecule has 0 saturated carbocycles. The fraction of sp³-hybridized carbons (Fsp3) is 0.368. The van der Waals surface area contributed by atoms with Crippen molar-refractivity contribution in [2.24, 2.45) is 4.99 Å². The first kappa shape index (κ1) is 23.4. The van der Waals surface area contributed by atoms with Crippen molar-refractivity contribution >= 4 is 67.2 Å². The molecule has 1 heterocycles. The third kappa shape index (κ3) is 5.20. The second kappa shape index (κ2) is 9.32. The van der Waals surface area contributed by atoms with Gasteiger partial charge in [0.25, 0.3) is 0 Å². The van der Waals surface area contributed by atoms with E-state index in [1.165, 1.54) is 28.8 Å². The van der Waals surface area contributed by atoms with Gasteiger partial charge in [-0.05, 0) is 44.7 Å². The zero-order chi connectivity index (χ0) is 21.2. The zero-order valence-electron chi connectivity index (χ0n) is 15.9. The van der Waals surface area contributed by atoms with Gasteiger partial charge >= 0.3 is 6.09 Å². The minimum atomic E-state index is -0.716. The summed E-state index contributed by atoms with van der Waals surface area (Å²) in [6.07, 6.45) is 1.25. The molecule has 0 saturated heterocycles. The van der Waals surface area contributed by atoms with Crippen LogP contribution < -0.4 is 0 Å². The largest absolute Gasteiger partial charge is 0.443 e. The number of alkyl halides is 1. The van der Waals surface area contributed by atoms with Crippen LogP contribution in [0.5, 0.6) is 0 Å². The fourth-order valence-corrected chi connectivity index (χ4v) is 4.59. The summed E-state index contributed by atoms with van der Waals surface area (Å²) in [5.41, 5.74) is 0.502. The third-order valence-corrected chi connectivity index (χ3v) is 6.14. The molecule has 152 valence electrons. The normalized spacial score (nSPS) is 17.5. The number of ether oxygens (including phenoxy) is 1. The number of amides is 1. The summed E-state index contributed by atoms with van der Waals surface area (Å²) in [5, 5.41) is 0.636. The number of aliphatic imine (C=N–C) groups is 1. The number of halogens is 4. The summed E-state index contributed by atoms with van der Waals surface area (Å²) < 4.78 is 19.9. The maximum absolute atomic E-state index is 13.6. The molecule has 4 nitrogen and oxygen atoms in total. The number of allylic oxidation sites excluding steroid dienone is 1. The molecular weight excluding hydrogens is 535 g/mol. The molecule has 0 aromatic heterocycles. The summed E-state index contributed by atoms with van der Waals surface area (Å²) >= 11 is 14.7. The van der Waals surface area contributed by atoms with Crippen molar-refractivity contribution in [1.29, 1.82) is 0 Å². The lowest BCUT2D eigenvalue weighted by Crippen LogP contribution is -2.45. The van der Waals surface area contributed by atoms with E-state index < -0.39 is 23.6 Å². The van der Waals surface area contributed by atoms with Crippen molar-refractivity contribution < 1.29 is 13.9 Å². The number of thioether (sulfide) groups is 1. The summed E-state index contributed by atoms with van der Waals surface area (Å²) in [6, 6.07) is 3.40. The molecule has 1 aromatic carbocycles. The van der Waals surface area contributed by atoms with Gasteiger partial charge in [0.05, 0.1) is 5.70 Å². The predicted molar refractivity (Wildman–Crippen MR) is 122 cm³/mol. The topological polar surface area (TPSA) is 41.9 Å². The first-order valence-electron chi connectivity index (χ1n) is 8.23. The summed E-state index contributed by atoms with van der Waals surface area (Å²) in [5.74, 6) is -0.0959. The molecule has 0 bridgehead atoms. The molecule has 0 radical (unpaired) electrons. The number of hydrogen-bond donors (Lipinski definition) is 0. The molecule has 1 atom stereocenters. The molecule has 1 aliphatic heterocycles. The second-order valence-electron chi connectivity index (χ2n) is 6.91. The Hall–Kier alpha value is -0.830. The van der Waals surface area contributed by atoms with Crippen LogP contribution in [0.15, 0.2) is 44.9 Å². The van der Waals surface area contributed by atoms with Crippen LogP contribution in [0.2, 0.25) is 5.02 Å². The van der Waals surface area contributed by atoms with Crippen molar-refractivity contribution in [3.63, 3.8) is 0 Å². The van der Waals surface area contributed by atoms with Crippen LogP contribution in [0.1, 0.15) is 32.4 Å². The van der Waals surface area contributed by atoms with Crippen molar-refractivity contribution in [3.8, 4) is 0 Å². The minimum absolute atomic E-state index is 0.195. The highest BCUT2D eigenvalue weighted by Gasteiger charge is 2.40. The van der Waals surface area contributed by atoms with Crippen LogP contribution in [-0.2, 0) is 4.74 Å². The number of carbonyl (C=O) groups excluding carboxylic acids is 1. The predicted octanol–water partition coefficient (Wildman–Crippen LogP) is 7.05. The van der Waals surface area contributed by atoms with Gasteiger partial charge in [0.15, 0.2) is 5.84 Å². The number of amidine groups is 1. The van der Waals surface area contributed by atoms with Crippen molar-refractivity contribution in [2.75, 3.05) is 11.6 Å². The van der Waals surface area contributed by atoms with Gasteiger partial charge in [0, 0.05) is 19.7 Å². The molecule has 1 amide bonds. The van der Waals surface area contributed by atoms with Gasteiger partial charge in [-0.15, -0.1) is 11.8 Å². The van der Waals surface area contributed by atoms with Crippen LogP contribution >= 0.6 is 55.2 Å². The molecule has 2 rings (SSSR count). The summed E-state index contributed by atoms with van der Waals surface area (Å²) in [4.78, 5) is 19.7. The molecular formula is C19H20Br2ClFN2O2S. The van der Waals surface area contributed by atoms with E-state index in [1.807, 2.05) is 6.26 Å². The van der Waals surface area contributed by atoms with Crippen LogP contribution in [0.3, 0.4) is 0 Å². The lowest BCUT2D eigenvalue weighted by Gasteiger charge is -2.38. The van der Waals surface area contributed by atoms with E-state index in [4.69, 9.17) is 16.3 Å². The smallest absolute Gasteiger partial charge is 0.416 e. The number of nitrogens with zero attached hydrogens (tertiary/aromatic N) is 2. The maximum Gasteiger partial charge on any atom is 0.416 e. The monoisotopic (exact) mass is 552 g/mol. The highest BCUT2D eigenvalue weighted by atomic mass is 79.9. The lowest BCUT2D eigenvalue weighted by atomic mass is 10.0. The van der Waals surface area contributed by atoms with Gasteiger partial charge in [0.2, 0.25) is 0 Å². The quantitative estimate of drug-likeness (QED) is 0.375. The number of hydrogen-bond acceptors (Lipinski definition) is 4. The Kier molecular flexibility index (Phi) is 7.81. The van der Waals surface area contributed by atoms with Gasteiger partial charge in [-0.3, -0.25) is 0 Å². The lowest BCUT2D eigenvalue weighted by molar-refractivity contribution is 0.0332. The Morgan fingerprint density at radius 2 is 2.11 bits per heavy atom. The van der Waals surface area contributed by atoms with E-state index >= 15 is 0 Å². The number of carbonyl (C=O) groups is 1. The summed E-state index contributed by atoms with van der Waals surface area (Å²) in [6.45, 7) is 9.37. The Labute approximate surface area is 190 Å². The summed E-state index contributed by atoms with van der Waals surface area (Å²) in [7, 11) is 0. The average molecular weight is 555 g/mol. The highest BCUT2D eigenvalue weighted by molar-refractivity contribution is 9.12. The molecule has 0 spiro atoms. The van der Waals surface area contributed by atoms with E-state index in [1.54, 1.807) is 26.8 Å². The molecule has 1 aliphatic rings. The van der Waals surface area contributed by atoms with Crippen LogP contribution in [0, 0.1) is 5.82 Å². The van der Waals surface area contributed by atoms with E-state index in [9.17, 15) is 9.18 Å². The van der Waals surface area contributed by atoms with Crippen molar-refractivity contribution in [1.82, 2.24) is 4.90 Å². The van der Waals surface area contributed by atoms with Crippen LogP contribution in [0.4, 0.5) is 9.18 Å². The van der Waals surface area contributed by atoms with E-state index in [0.717, 1.165) is 0 Å². The SMILES string of the molecule is C=C(SC)C1=NC(CBr)=C(Br)[C@H](c2ccc(F)cc2Cl)N1C(=O)OC(C)(C)C. The highest BCUT2D eigenvalue weighted by Crippen LogP contribution is 2.43. The third-order valence-electron chi connectivity index (χ3n) is 3.71. The Balaban J connectivity index is 2.71. The van der Waals surface area contributed by atoms with Gasteiger partial charge in [-0.1, -0.05) is 56.1 Å². The van der Waals surface area contributed by atoms with E-state index in [0.29, 0.717) is 31.8 Å². The molecule has 0 aliphatic carbocycles. The van der Waals surface area contributed by atoms with Crippen LogP contribution in [0.25, 0.3) is 0 Å². The molecule has 0 fully saturated rings. The molecule has 0 unspecified atom stereocenters. The number of benzene rings is 1. The van der Waals surface area contributed by atoms with E-state index in [-0.39, 0.29) is 5.02 Å². The molecule has 9 heteroatoms. The molecule has 28 heavy (non-hydrogen) atoms. The Bertz CT molecular complexity index is 868. The first-order chi connectivity index (χ1) is 13.0.